The zero-order valence-electron chi connectivity index (χ0n) is 19.1. The molecule has 1 aliphatic rings. The number of aliphatic hydroxyl groups is 1. The van der Waals surface area contributed by atoms with Gasteiger partial charge in [0, 0.05) is 24.3 Å². The van der Waals surface area contributed by atoms with Crippen LogP contribution in [0.4, 0.5) is 10.1 Å². The van der Waals surface area contributed by atoms with Crippen LogP contribution in [-0.2, 0) is 9.59 Å². The molecule has 7 heteroatoms. The standard InChI is InChI=1S/C25H30FN3O3/c1-5-28(6-2)20-13-9-17(10-14-20)22-21(23(30)18-7-11-19(26)12-8-18)24(31)25(32)29(22)16-15-27(3)4/h7-14,22,30H,5-6,15-16H2,1-4H3/p+1/t22-/m1/s1. The first kappa shape index (κ1) is 23.5. The maximum atomic E-state index is 13.4. The van der Waals surface area contributed by atoms with Crippen LogP contribution >= 0.6 is 0 Å². The fourth-order valence-corrected chi connectivity index (χ4v) is 4.02. The Morgan fingerprint density at radius 1 is 1.03 bits per heavy atom. The van der Waals surface area contributed by atoms with Crippen molar-refractivity contribution in [2.75, 3.05) is 45.2 Å². The van der Waals surface area contributed by atoms with E-state index < -0.39 is 23.5 Å². The largest absolute Gasteiger partial charge is 0.507 e. The lowest BCUT2D eigenvalue weighted by molar-refractivity contribution is -0.857. The highest BCUT2D eigenvalue weighted by atomic mass is 19.1. The molecule has 0 aromatic heterocycles. The Kier molecular flexibility index (Phi) is 7.30. The van der Waals surface area contributed by atoms with Crippen molar-refractivity contribution >= 4 is 23.1 Å². The van der Waals surface area contributed by atoms with Gasteiger partial charge < -0.3 is 19.8 Å². The summed E-state index contributed by atoms with van der Waals surface area (Å²) in [6, 6.07) is 12.3. The van der Waals surface area contributed by atoms with E-state index in [0.717, 1.165) is 29.2 Å². The first-order chi connectivity index (χ1) is 15.3. The van der Waals surface area contributed by atoms with Crippen LogP contribution in [0.25, 0.3) is 5.76 Å². The third kappa shape index (κ3) is 4.67. The van der Waals surface area contributed by atoms with E-state index in [0.29, 0.717) is 18.7 Å². The SMILES string of the molecule is CCN(CC)c1ccc([C@@H]2C(=C(O)c3ccc(F)cc3)C(=O)C(=O)N2CC[NH+](C)C)cc1. The molecule has 1 fully saturated rings. The molecule has 2 aromatic carbocycles. The third-order valence-electron chi connectivity index (χ3n) is 5.85. The van der Waals surface area contributed by atoms with Crippen molar-refractivity contribution in [2.24, 2.45) is 0 Å². The van der Waals surface area contributed by atoms with E-state index in [-0.39, 0.29) is 11.3 Å². The first-order valence-corrected chi connectivity index (χ1v) is 11.0. The molecule has 0 aliphatic carbocycles. The Balaban J connectivity index is 2.10. The van der Waals surface area contributed by atoms with Crippen LogP contribution < -0.4 is 9.80 Å². The number of nitrogens with one attached hydrogen (secondary N) is 1. The van der Waals surface area contributed by atoms with Gasteiger partial charge in [-0.05, 0) is 55.8 Å². The van der Waals surface area contributed by atoms with Gasteiger partial charge in [-0.25, -0.2) is 4.39 Å². The molecule has 1 amide bonds. The predicted octanol–water partition coefficient (Wildman–Crippen LogP) is 2.24. The van der Waals surface area contributed by atoms with Crippen molar-refractivity contribution in [3.05, 3.63) is 71.0 Å². The smallest absolute Gasteiger partial charge is 0.295 e. The number of hydrogen-bond acceptors (Lipinski definition) is 4. The van der Waals surface area contributed by atoms with Gasteiger partial charge in [0.25, 0.3) is 11.7 Å². The zero-order chi connectivity index (χ0) is 23.4. The number of nitrogens with zero attached hydrogens (tertiary/aromatic N) is 2. The molecule has 1 heterocycles. The molecule has 2 N–H and O–H groups in total. The van der Waals surface area contributed by atoms with E-state index in [4.69, 9.17) is 0 Å². The summed E-state index contributed by atoms with van der Waals surface area (Å²) in [5.41, 5.74) is 2.13. The zero-order valence-corrected chi connectivity index (χ0v) is 19.1. The summed E-state index contributed by atoms with van der Waals surface area (Å²) in [6.07, 6.45) is 0. The Bertz CT molecular complexity index is 996. The van der Waals surface area contributed by atoms with Gasteiger partial charge >= 0.3 is 0 Å². The molecule has 32 heavy (non-hydrogen) atoms. The number of quaternary nitrogens is 1. The summed E-state index contributed by atoms with van der Waals surface area (Å²) in [7, 11) is 3.95. The maximum absolute atomic E-state index is 13.4. The molecule has 0 radical (unpaired) electrons. The molecule has 0 spiro atoms. The highest BCUT2D eigenvalue weighted by molar-refractivity contribution is 6.46. The second-order valence-corrected chi connectivity index (χ2v) is 8.22. The number of Topliss-reactive ketones (excluding diaryl/α,β-unsaturated/α-hetero) is 1. The van der Waals surface area contributed by atoms with Gasteiger partial charge in [0.05, 0.1) is 38.8 Å². The van der Waals surface area contributed by atoms with Gasteiger partial charge in [-0.2, -0.15) is 0 Å². The number of benzene rings is 2. The molecule has 1 atom stereocenters. The van der Waals surface area contributed by atoms with Crippen LogP contribution in [0.1, 0.15) is 31.0 Å². The molecule has 1 aliphatic heterocycles. The molecule has 0 bridgehead atoms. The van der Waals surface area contributed by atoms with Gasteiger partial charge in [0.1, 0.15) is 11.6 Å². The Labute approximate surface area is 188 Å². The van der Waals surface area contributed by atoms with Crippen LogP contribution in [0.5, 0.6) is 0 Å². The first-order valence-electron chi connectivity index (χ1n) is 11.0. The van der Waals surface area contributed by atoms with Crippen molar-refractivity contribution in [2.45, 2.75) is 19.9 Å². The average molecular weight is 441 g/mol. The van der Waals surface area contributed by atoms with Crippen LogP contribution in [0.15, 0.2) is 54.1 Å². The number of carbonyl (C=O) groups is 2. The molecule has 170 valence electrons. The van der Waals surface area contributed by atoms with Crippen LogP contribution in [0.2, 0.25) is 0 Å². The third-order valence-corrected chi connectivity index (χ3v) is 5.85. The van der Waals surface area contributed by atoms with E-state index in [9.17, 15) is 19.1 Å². The summed E-state index contributed by atoms with van der Waals surface area (Å²) < 4.78 is 13.4. The van der Waals surface area contributed by atoms with E-state index >= 15 is 0 Å². The second-order valence-electron chi connectivity index (χ2n) is 8.22. The van der Waals surface area contributed by atoms with Crippen molar-refractivity contribution in [1.82, 2.24) is 4.90 Å². The molecule has 0 unspecified atom stereocenters. The fraction of sp³-hybridized carbons (Fsp3) is 0.360. The van der Waals surface area contributed by atoms with Crippen molar-refractivity contribution in [3.63, 3.8) is 0 Å². The lowest BCUT2D eigenvalue weighted by atomic mass is 9.95. The van der Waals surface area contributed by atoms with Crippen LogP contribution in [-0.4, -0.2) is 62.0 Å². The number of anilines is 1. The van der Waals surface area contributed by atoms with E-state index in [1.807, 2.05) is 38.4 Å². The maximum Gasteiger partial charge on any atom is 0.295 e. The van der Waals surface area contributed by atoms with Crippen molar-refractivity contribution in [1.29, 1.82) is 0 Å². The summed E-state index contributed by atoms with van der Waals surface area (Å²) in [4.78, 5) is 30.8. The van der Waals surface area contributed by atoms with E-state index in [1.165, 1.54) is 29.2 Å². The molecule has 2 aromatic rings. The molecule has 0 saturated carbocycles. The number of halogens is 1. The fourth-order valence-electron chi connectivity index (χ4n) is 4.02. The number of rotatable bonds is 8. The van der Waals surface area contributed by atoms with Gasteiger partial charge in [-0.3, -0.25) is 9.59 Å². The number of amides is 1. The monoisotopic (exact) mass is 440 g/mol. The Hall–Kier alpha value is -3.19. The minimum absolute atomic E-state index is 0.0333. The second kappa shape index (κ2) is 9.96. The molecule has 6 nitrogen and oxygen atoms in total. The van der Waals surface area contributed by atoms with Crippen molar-refractivity contribution in [3.8, 4) is 0 Å². The normalized spacial score (nSPS) is 17.9. The molecular formula is C25H31FN3O3+. The quantitative estimate of drug-likeness (QED) is 0.375. The summed E-state index contributed by atoms with van der Waals surface area (Å²) in [5, 5.41) is 11.0. The average Bonchev–Trinajstić information content (AvgIpc) is 3.03. The number of ketones is 1. The lowest BCUT2D eigenvalue weighted by Gasteiger charge is -2.27. The highest BCUT2D eigenvalue weighted by Gasteiger charge is 2.46. The van der Waals surface area contributed by atoms with E-state index in [2.05, 4.69) is 18.7 Å². The Morgan fingerprint density at radius 3 is 2.16 bits per heavy atom. The number of likely N-dealkylation sites (N-methyl/N-ethyl adjacent to an activating group) is 1. The minimum atomic E-state index is -0.724. The minimum Gasteiger partial charge on any atom is -0.507 e. The van der Waals surface area contributed by atoms with Crippen LogP contribution in [0.3, 0.4) is 0 Å². The highest BCUT2D eigenvalue weighted by Crippen LogP contribution is 2.39. The number of carbonyl (C=O) groups excluding carboxylic acids is 2. The predicted molar refractivity (Wildman–Crippen MR) is 123 cm³/mol. The lowest BCUT2D eigenvalue weighted by Crippen LogP contribution is -3.06. The number of hydrogen-bond donors (Lipinski definition) is 2. The summed E-state index contributed by atoms with van der Waals surface area (Å²) in [6.45, 7) is 6.92. The Morgan fingerprint density at radius 2 is 1.62 bits per heavy atom. The number of likely N-dealkylation sites (tertiary alicyclic amines) is 1. The van der Waals surface area contributed by atoms with Gasteiger partial charge in [-0.15, -0.1) is 0 Å². The summed E-state index contributed by atoms with van der Waals surface area (Å²) >= 11 is 0. The molecule has 3 rings (SSSR count). The van der Waals surface area contributed by atoms with Gasteiger partial charge in [0.2, 0.25) is 0 Å². The van der Waals surface area contributed by atoms with E-state index in [1.54, 1.807) is 0 Å². The topological polar surface area (TPSA) is 65.3 Å². The van der Waals surface area contributed by atoms with Gasteiger partial charge in [0.15, 0.2) is 0 Å². The molecule has 1 saturated heterocycles. The molecular weight excluding hydrogens is 409 g/mol. The number of aliphatic hydroxyl groups excluding tert-OH is 1. The van der Waals surface area contributed by atoms with Crippen LogP contribution in [0, 0.1) is 5.82 Å². The van der Waals surface area contributed by atoms with Crippen molar-refractivity contribution < 1.29 is 24.0 Å². The van der Waals surface area contributed by atoms with Gasteiger partial charge in [-0.1, -0.05) is 12.1 Å². The summed E-state index contributed by atoms with van der Waals surface area (Å²) in [5.74, 6) is -2.09.